The topological polar surface area (TPSA) is 111 Å². The van der Waals surface area contributed by atoms with Crippen molar-refractivity contribution in [2.24, 2.45) is 0 Å². The van der Waals surface area contributed by atoms with Crippen LogP contribution < -0.4 is 19.7 Å². The SMILES string of the molecule is CCn1c(-c2cnc(OC)nc2OC)nc2c1C1(C(=O)Nc3cc(Cl)ccc31)N(c1cc(C)ccc1C)C2=O. The van der Waals surface area contributed by atoms with E-state index in [0.717, 1.165) is 11.1 Å². The molecule has 1 spiro atoms. The van der Waals surface area contributed by atoms with Crippen LogP contribution in [0.5, 0.6) is 11.9 Å². The van der Waals surface area contributed by atoms with Gasteiger partial charge in [-0.25, -0.2) is 9.97 Å². The summed E-state index contributed by atoms with van der Waals surface area (Å²) in [6, 6.07) is 11.2. The zero-order valence-electron chi connectivity index (χ0n) is 22.0. The second-order valence-electron chi connectivity index (χ2n) is 9.44. The normalized spacial score (nSPS) is 17.4. The van der Waals surface area contributed by atoms with Crippen LogP contribution in [0.1, 0.15) is 39.8 Å². The van der Waals surface area contributed by atoms with E-state index in [2.05, 4.69) is 15.3 Å². The Hall–Kier alpha value is -4.44. The smallest absolute Gasteiger partial charge is 0.319 e. The molecule has 2 aliphatic heterocycles. The van der Waals surface area contributed by atoms with Crippen LogP contribution in [0, 0.1) is 13.8 Å². The first-order valence-electron chi connectivity index (χ1n) is 12.4. The zero-order valence-corrected chi connectivity index (χ0v) is 22.8. The molecule has 2 aliphatic rings. The first-order chi connectivity index (χ1) is 18.8. The molecule has 2 aromatic carbocycles. The van der Waals surface area contributed by atoms with Crippen molar-refractivity contribution in [3.05, 3.63) is 75.7 Å². The van der Waals surface area contributed by atoms with Gasteiger partial charge in [0.25, 0.3) is 11.8 Å². The maximum atomic E-state index is 14.4. The van der Waals surface area contributed by atoms with Crippen molar-refractivity contribution in [2.75, 3.05) is 24.4 Å². The predicted octanol–water partition coefficient (Wildman–Crippen LogP) is 4.50. The van der Waals surface area contributed by atoms with E-state index >= 15 is 0 Å². The van der Waals surface area contributed by atoms with Crippen molar-refractivity contribution >= 4 is 34.8 Å². The quantitative estimate of drug-likeness (QED) is 0.393. The van der Waals surface area contributed by atoms with Gasteiger partial charge in [-0.1, -0.05) is 29.8 Å². The van der Waals surface area contributed by atoms with E-state index in [-0.39, 0.29) is 23.5 Å². The van der Waals surface area contributed by atoms with Crippen molar-refractivity contribution in [2.45, 2.75) is 32.9 Å². The molecule has 10 nitrogen and oxygen atoms in total. The largest absolute Gasteiger partial charge is 0.480 e. The molecule has 2 aromatic heterocycles. The fourth-order valence-electron chi connectivity index (χ4n) is 5.58. The Kier molecular flexibility index (Phi) is 5.62. The number of fused-ring (bicyclic) bond motifs is 4. The lowest BCUT2D eigenvalue weighted by Crippen LogP contribution is -2.51. The van der Waals surface area contributed by atoms with Crippen molar-refractivity contribution in [3.8, 4) is 23.3 Å². The van der Waals surface area contributed by atoms with Gasteiger partial charge in [0.2, 0.25) is 5.88 Å². The number of hydrogen-bond donors (Lipinski definition) is 1. The highest BCUT2D eigenvalue weighted by molar-refractivity contribution is 6.31. The van der Waals surface area contributed by atoms with E-state index in [1.54, 1.807) is 23.1 Å². The molecule has 0 saturated carbocycles. The van der Waals surface area contributed by atoms with E-state index < -0.39 is 11.4 Å². The van der Waals surface area contributed by atoms with Gasteiger partial charge in [-0.05, 0) is 50.1 Å². The van der Waals surface area contributed by atoms with Gasteiger partial charge in [0.15, 0.2) is 11.2 Å². The number of rotatable bonds is 5. The molecule has 2 amide bonds. The highest BCUT2D eigenvalue weighted by atomic mass is 35.5. The van der Waals surface area contributed by atoms with Gasteiger partial charge in [0.1, 0.15) is 5.82 Å². The summed E-state index contributed by atoms with van der Waals surface area (Å²) >= 11 is 6.31. The number of anilines is 2. The number of aromatic nitrogens is 4. The third-order valence-corrected chi connectivity index (χ3v) is 7.50. The van der Waals surface area contributed by atoms with Crippen LogP contribution in [0.3, 0.4) is 0 Å². The lowest BCUT2D eigenvalue weighted by atomic mass is 9.86. The Morgan fingerprint density at radius 3 is 2.56 bits per heavy atom. The van der Waals surface area contributed by atoms with Crippen molar-refractivity contribution in [3.63, 3.8) is 0 Å². The second-order valence-corrected chi connectivity index (χ2v) is 9.88. The van der Waals surface area contributed by atoms with Crippen LogP contribution in [0.4, 0.5) is 11.4 Å². The number of imidazole rings is 1. The molecular weight excluding hydrogens is 520 g/mol. The molecule has 0 radical (unpaired) electrons. The summed E-state index contributed by atoms with van der Waals surface area (Å²) in [5.41, 5.74) is 3.16. The Labute approximate surface area is 229 Å². The zero-order chi connectivity index (χ0) is 27.6. The molecule has 11 heteroatoms. The van der Waals surface area contributed by atoms with E-state index in [1.165, 1.54) is 20.4 Å². The van der Waals surface area contributed by atoms with E-state index in [4.69, 9.17) is 26.1 Å². The summed E-state index contributed by atoms with van der Waals surface area (Å²) < 4.78 is 12.5. The minimum absolute atomic E-state index is 0.132. The van der Waals surface area contributed by atoms with E-state index in [9.17, 15) is 9.59 Å². The number of halogens is 1. The fourth-order valence-corrected chi connectivity index (χ4v) is 5.75. The lowest BCUT2D eigenvalue weighted by Gasteiger charge is -2.36. The number of hydrogen-bond acceptors (Lipinski definition) is 7. The number of carbonyl (C=O) groups is 2. The summed E-state index contributed by atoms with van der Waals surface area (Å²) in [6.07, 6.45) is 1.54. The van der Waals surface area contributed by atoms with Gasteiger partial charge < -0.3 is 19.4 Å². The third kappa shape index (κ3) is 3.31. The Bertz CT molecular complexity index is 1700. The average molecular weight is 545 g/mol. The maximum Gasteiger partial charge on any atom is 0.319 e. The lowest BCUT2D eigenvalue weighted by molar-refractivity contribution is -0.119. The molecule has 4 aromatic rings. The Morgan fingerprint density at radius 1 is 1.05 bits per heavy atom. The molecule has 0 bridgehead atoms. The Balaban J connectivity index is 1.70. The van der Waals surface area contributed by atoms with Crippen LogP contribution in [-0.2, 0) is 16.9 Å². The number of benzene rings is 2. The fraction of sp³-hybridized carbons (Fsp3) is 0.250. The van der Waals surface area contributed by atoms with Gasteiger partial charge in [-0.2, -0.15) is 4.98 Å². The highest BCUT2D eigenvalue weighted by Crippen LogP contribution is 2.54. The van der Waals surface area contributed by atoms with Gasteiger partial charge >= 0.3 is 6.01 Å². The number of nitrogens with zero attached hydrogens (tertiary/aromatic N) is 5. The molecule has 1 unspecified atom stereocenters. The minimum Gasteiger partial charge on any atom is -0.480 e. The molecule has 39 heavy (non-hydrogen) atoms. The number of ether oxygens (including phenoxy) is 2. The number of amides is 2. The molecular formula is C28H25ClN6O4. The summed E-state index contributed by atoms with van der Waals surface area (Å²) in [7, 11) is 2.94. The van der Waals surface area contributed by atoms with Crippen LogP contribution in [0.15, 0.2) is 42.6 Å². The summed E-state index contributed by atoms with van der Waals surface area (Å²) in [6.45, 7) is 6.19. The van der Waals surface area contributed by atoms with Crippen LogP contribution in [-0.4, -0.2) is 45.6 Å². The molecule has 198 valence electrons. The standard InChI is InChI=1S/C28H25ClN6O4/c1-6-34-22-21(32-23(34)17-13-30-27(39-5)33-24(17)38-4)25(36)35(20-11-14(2)7-8-15(20)3)28(22)18-10-9-16(29)12-19(18)31-26(28)37/h7-13H,6H2,1-5H3,(H,31,37). The van der Waals surface area contributed by atoms with Crippen LogP contribution >= 0.6 is 11.6 Å². The molecule has 0 saturated heterocycles. The van der Waals surface area contributed by atoms with Gasteiger partial charge in [0, 0.05) is 34.7 Å². The van der Waals surface area contributed by atoms with Crippen molar-refractivity contribution in [1.82, 2.24) is 19.5 Å². The van der Waals surface area contributed by atoms with Gasteiger partial charge in [-0.15, -0.1) is 0 Å². The number of nitrogens with one attached hydrogen (secondary N) is 1. The van der Waals surface area contributed by atoms with E-state index in [1.807, 2.05) is 43.5 Å². The summed E-state index contributed by atoms with van der Waals surface area (Å²) in [4.78, 5) is 43.5. The predicted molar refractivity (Wildman–Crippen MR) is 146 cm³/mol. The summed E-state index contributed by atoms with van der Waals surface area (Å²) in [5, 5.41) is 3.45. The van der Waals surface area contributed by atoms with Crippen molar-refractivity contribution < 1.29 is 19.1 Å². The van der Waals surface area contributed by atoms with Gasteiger partial charge in [-0.3, -0.25) is 14.5 Å². The van der Waals surface area contributed by atoms with Gasteiger partial charge in [0.05, 0.1) is 25.5 Å². The monoisotopic (exact) mass is 544 g/mol. The number of methoxy groups -OCH3 is 2. The first kappa shape index (κ1) is 24.9. The molecule has 4 heterocycles. The first-order valence-corrected chi connectivity index (χ1v) is 12.7. The van der Waals surface area contributed by atoms with Crippen LogP contribution in [0.2, 0.25) is 5.02 Å². The molecule has 6 rings (SSSR count). The maximum absolute atomic E-state index is 14.4. The molecule has 0 fully saturated rings. The molecule has 0 aliphatic carbocycles. The highest BCUT2D eigenvalue weighted by Gasteiger charge is 2.64. The van der Waals surface area contributed by atoms with Crippen molar-refractivity contribution in [1.29, 1.82) is 0 Å². The third-order valence-electron chi connectivity index (χ3n) is 7.27. The minimum atomic E-state index is -1.52. The average Bonchev–Trinajstić information content (AvgIpc) is 3.53. The summed E-state index contributed by atoms with van der Waals surface area (Å²) in [5.74, 6) is -0.118. The van der Waals surface area contributed by atoms with Crippen LogP contribution in [0.25, 0.3) is 11.4 Å². The Morgan fingerprint density at radius 2 is 1.85 bits per heavy atom. The number of carbonyl (C=O) groups excluding carboxylic acids is 2. The molecule has 1 N–H and O–H groups in total. The van der Waals surface area contributed by atoms with E-state index in [0.29, 0.717) is 45.6 Å². The second kappa shape index (κ2) is 8.81. The molecule has 1 atom stereocenters. The number of aryl methyl sites for hydroxylation is 2.